The van der Waals surface area contributed by atoms with Gasteiger partial charge in [0, 0.05) is 43.7 Å². The number of Topliss-reactive ketones (excluding diaryl/α,β-unsaturated/α-hetero) is 2. The first-order valence-corrected chi connectivity index (χ1v) is 29.0. The molecule has 0 aliphatic rings. The summed E-state index contributed by atoms with van der Waals surface area (Å²) in [6.07, 6.45) is 1.19. The minimum atomic E-state index is -4.77. The number of amides is 1. The number of nitrogens with zero attached hydrogens (tertiary/aromatic N) is 3. The van der Waals surface area contributed by atoms with E-state index in [4.69, 9.17) is 56.8 Å². The summed E-state index contributed by atoms with van der Waals surface area (Å²) in [7, 11) is -8.47. The number of nitrogens with one attached hydrogen (secondary N) is 1. The summed E-state index contributed by atoms with van der Waals surface area (Å²) in [4.78, 5) is 38.5. The number of ether oxygens (including phenoxy) is 12. The van der Waals surface area contributed by atoms with Crippen LogP contribution in [0.4, 0.5) is 0 Å². The topological polar surface area (TPSA) is 293 Å². The van der Waals surface area contributed by atoms with E-state index in [2.05, 4.69) is 15.6 Å². The number of benzene rings is 2. The lowest BCUT2D eigenvalue weighted by Crippen LogP contribution is -2.35. The Bertz CT molecular complexity index is 2270. The average molecular weight is 1130 g/mol. The van der Waals surface area contributed by atoms with Crippen molar-refractivity contribution in [3.8, 4) is 0 Å². The van der Waals surface area contributed by atoms with Crippen molar-refractivity contribution in [2.45, 2.75) is 62.8 Å². The van der Waals surface area contributed by atoms with Crippen LogP contribution in [0.3, 0.4) is 0 Å². The maximum Gasteiger partial charge on any atom is 0.275 e. The second-order valence-corrected chi connectivity index (χ2v) is 20.6. The minimum absolute atomic E-state index is 0.0723. The second-order valence-electron chi connectivity index (χ2n) is 16.9. The molecule has 1 heterocycles. The molecular formula is C51H80N4O20S2. The van der Waals surface area contributed by atoms with Gasteiger partial charge in [-0.2, -0.15) is 8.42 Å². The van der Waals surface area contributed by atoms with Gasteiger partial charge in [-0.3, -0.25) is 23.6 Å². The van der Waals surface area contributed by atoms with Crippen molar-refractivity contribution in [2.24, 2.45) is 0 Å². The van der Waals surface area contributed by atoms with Crippen LogP contribution in [-0.2, 0) is 94.7 Å². The van der Waals surface area contributed by atoms with Gasteiger partial charge in [0.1, 0.15) is 10.9 Å². The van der Waals surface area contributed by atoms with E-state index in [0.717, 1.165) is 17.8 Å². The monoisotopic (exact) mass is 1130 g/mol. The lowest BCUT2D eigenvalue weighted by Gasteiger charge is -2.14. The molecule has 0 bridgehead atoms. The van der Waals surface area contributed by atoms with E-state index in [1.807, 2.05) is 20.0 Å². The molecule has 24 nitrogen and oxygen atoms in total. The molecule has 1 aromatic heterocycles. The van der Waals surface area contributed by atoms with Crippen LogP contribution in [0.1, 0.15) is 64.6 Å². The van der Waals surface area contributed by atoms with Crippen LogP contribution in [0.15, 0.2) is 59.6 Å². The number of carbonyl (C=O) groups excluding carboxylic acids is 3. The predicted octanol–water partition coefficient (Wildman–Crippen LogP) is 2.78. The Morgan fingerprint density at radius 1 is 0.584 bits per heavy atom. The van der Waals surface area contributed by atoms with Crippen LogP contribution < -0.4 is 5.32 Å². The van der Waals surface area contributed by atoms with Crippen LogP contribution in [0.2, 0.25) is 0 Å². The first-order valence-electron chi connectivity index (χ1n) is 25.8. The third-order valence-corrected chi connectivity index (χ3v) is 13.7. The van der Waals surface area contributed by atoms with Crippen molar-refractivity contribution in [3.05, 3.63) is 77.1 Å². The molecule has 1 unspecified atom stereocenters. The molecule has 2 aromatic carbocycles. The van der Waals surface area contributed by atoms with Crippen molar-refractivity contribution in [1.82, 2.24) is 20.3 Å². The van der Waals surface area contributed by atoms with Crippen LogP contribution in [0.5, 0.6) is 0 Å². The van der Waals surface area contributed by atoms with Crippen LogP contribution >= 0.6 is 0 Å². The van der Waals surface area contributed by atoms with E-state index in [1.165, 1.54) is 36.4 Å². The molecule has 2 N–H and O–H groups in total. The van der Waals surface area contributed by atoms with E-state index in [1.54, 1.807) is 16.8 Å². The average Bonchev–Trinajstić information content (AvgIpc) is 3.89. The molecule has 0 fully saturated rings. The van der Waals surface area contributed by atoms with Gasteiger partial charge in [0.2, 0.25) is 0 Å². The SMILES string of the molecule is CCn1cc(COCCOCCOCCOCCOCCOCCOCCOCCOCCOCCOCCOCCCC(=O)C(CCNC(=O)c2cccc(C(=O)CCS(=O)(=O)c3ccc(C)cc3)c2)S(=O)(=O)O)nn1. The third-order valence-electron chi connectivity index (χ3n) is 10.8. The maximum atomic E-state index is 12.8. The lowest BCUT2D eigenvalue weighted by molar-refractivity contribution is -0.119. The summed E-state index contributed by atoms with van der Waals surface area (Å²) in [6.45, 7) is 14.2. The second kappa shape index (κ2) is 41.8. The quantitative estimate of drug-likeness (QED) is 0.0467. The molecule has 1 atom stereocenters. The van der Waals surface area contributed by atoms with Crippen LogP contribution in [-0.4, -0.2) is 223 Å². The Labute approximate surface area is 452 Å². The molecule has 77 heavy (non-hydrogen) atoms. The lowest BCUT2D eigenvalue weighted by atomic mass is 10.1. The zero-order chi connectivity index (χ0) is 55.7. The highest BCUT2D eigenvalue weighted by Gasteiger charge is 2.30. The molecule has 0 saturated heterocycles. The fraction of sp³-hybridized carbons (Fsp3) is 0.667. The number of sulfone groups is 1. The van der Waals surface area contributed by atoms with Gasteiger partial charge >= 0.3 is 0 Å². The fourth-order valence-corrected chi connectivity index (χ4v) is 8.73. The number of hydrogen-bond acceptors (Lipinski definition) is 21. The molecule has 0 aliphatic carbocycles. The van der Waals surface area contributed by atoms with Gasteiger partial charge in [-0.05, 0) is 51.0 Å². The molecule has 26 heteroatoms. The first kappa shape index (κ1) is 67.0. The highest BCUT2D eigenvalue weighted by molar-refractivity contribution is 7.91. The third kappa shape index (κ3) is 32.4. The summed E-state index contributed by atoms with van der Waals surface area (Å²) in [5, 5.41) is 8.73. The van der Waals surface area contributed by atoms with Gasteiger partial charge in [0.05, 0.1) is 169 Å². The van der Waals surface area contributed by atoms with Crippen LogP contribution in [0, 0.1) is 6.92 Å². The van der Waals surface area contributed by atoms with Crippen molar-refractivity contribution >= 4 is 37.4 Å². The maximum absolute atomic E-state index is 12.8. The number of carbonyl (C=O) groups is 3. The Balaban J connectivity index is 1.02. The summed E-state index contributed by atoms with van der Waals surface area (Å²) < 4.78 is 127. The summed E-state index contributed by atoms with van der Waals surface area (Å²) in [5.74, 6) is -2.27. The van der Waals surface area contributed by atoms with Crippen molar-refractivity contribution in [3.63, 3.8) is 0 Å². The molecule has 3 rings (SSSR count). The van der Waals surface area contributed by atoms with Crippen molar-refractivity contribution in [2.75, 3.05) is 164 Å². The highest BCUT2D eigenvalue weighted by atomic mass is 32.2. The number of ketones is 2. The van der Waals surface area contributed by atoms with Gasteiger partial charge in [0.25, 0.3) is 16.0 Å². The van der Waals surface area contributed by atoms with Crippen LogP contribution in [0.25, 0.3) is 0 Å². The predicted molar refractivity (Wildman–Crippen MR) is 280 cm³/mol. The zero-order valence-corrected chi connectivity index (χ0v) is 46.2. The highest BCUT2D eigenvalue weighted by Crippen LogP contribution is 2.16. The molecule has 0 radical (unpaired) electrons. The number of rotatable bonds is 51. The number of hydrogen-bond donors (Lipinski definition) is 2. The molecular weight excluding hydrogens is 1050 g/mol. The number of aromatic nitrogens is 3. The molecule has 0 spiro atoms. The minimum Gasteiger partial charge on any atom is -0.379 e. The Morgan fingerprint density at radius 3 is 1.44 bits per heavy atom. The molecule has 436 valence electrons. The van der Waals surface area contributed by atoms with E-state index < -0.39 is 48.4 Å². The fourth-order valence-electron chi connectivity index (χ4n) is 6.63. The Hall–Kier alpha value is -4.23. The van der Waals surface area contributed by atoms with Gasteiger partial charge in [-0.1, -0.05) is 35.0 Å². The largest absolute Gasteiger partial charge is 0.379 e. The van der Waals surface area contributed by atoms with E-state index >= 15 is 0 Å². The molecule has 3 aromatic rings. The van der Waals surface area contributed by atoms with E-state index in [9.17, 15) is 35.8 Å². The summed E-state index contributed by atoms with van der Waals surface area (Å²) in [6, 6.07) is 12.0. The van der Waals surface area contributed by atoms with Gasteiger partial charge in [0.15, 0.2) is 21.4 Å². The Morgan fingerprint density at radius 2 is 1.01 bits per heavy atom. The van der Waals surface area contributed by atoms with Crippen molar-refractivity contribution in [1.29, 1.82) is 0 Å². The van der Waals surface area contributed by atoms with E-state index in [0.29, 0.717) is 139 Å². The first-order chi connectivity index (χ1) is 37.3. The van der Waals surface area contributed by atoms with Gasteiger partial charge in [-0.15, -0.1) is 5.10 Å². The summed E-state index contributed by atoms with van der Waals surface area (Å²) >= 11 is 0. The number of aryl methyl sites for hydroxylation is 2. The van der Waals surface area contributed by atoms with Crippen molar-refractivity contribution < 1.29 is 92.6 Å². The molecule has 0 saturated carbocycles. The molecule has 0 aliphatic heterocycles. The van der Waals surface area contributed by atoms with E-state index in [-0.39, 0.29) is 68.1 Å². The van der Waals surface area contributed by atoms with Gasteiger partial charge < -0.3 is 62.2 Å². The normalized spacial score (nSPS) is 12.3. The standard InChI is InChI=1S/C51H80N4O20S2/c1-3-55-41-46(53-54-55)42-75-38-37-74-36-35-73-34-33-72-32-31-71-30-29-70-28-27-69-26-25-68-24-23-67-22-21-66-20-19-65-18-17-64-16-5-8-49(57)50(77(61,62)63)13-15-52-51(58)45-7-4-6-44(40-45)48(56)14-39-76(59,60)47-11-9-43(2)10-12-47/h4,6-7,9-12,40-41,50H,3,5,8,13-39,42H2,1-2H3,(H,52,58)(H,61,62,63). The Kier molecular flexibility index (Phi) is 36.4. The van der Waals surface area contributed by atoms with Gasteiger partial charge in [-0.25, -0.2) is 8.42 Å². The molecule has 1 amide bonds. The summed E-state index contributed by atoms with van der Waals surface area (Å²) in [5.41, 5.74) is 1.89. The smallest absolute Gasteiger partial charge is 0.275 e. The zero-order valence-electron chi connectivity index (χ0n) is 44.6.